The lowest BCUT2D eigenvalue weighted by atomic mass is 9.81. The lowest BCUT2D eigenvalue weighted by molar-refractivity contribution is -0.137. The van der Waals surface area contributed by atoms with Gasteiger partial charge in [-0.25, -0.2) is 4.68 Å². The van der Waals surface area contributed by atoms with Crippen LogP contribution < -0.4 is 15.5 Å². The van der Waals surface area contributed by atoms with Crippen LogP contribution in [0.2, 0.25) is 0 Å². The topological polar surface area (TPSA) is 96.3 Å². The van der Waals surface area contributed by atoms with Crippen molar-refractivity contribution in [1.82, 2.24) is 15.1 Å². The monoisotopic (exact) mass is 587 g/mol. The van der Waals surface area contributed by atoms with Crippen molar-refractivity contribution in [2.45, 2.75) is 32.0 Å². The number of amides is 3. The van der Waals surface area contributed by atoms with Crippen LogP contribution in [0.15, 0.2) is 91.5 Å². The number of nitrogens with one attached hydrogen (secondary N) is 2. The van der Waals surface area contributed by atoms with E-state index in [0.717, 1.165) is 30.0 Å². The van der Waals surface area contributed by atoms with E-state index in [2.05, 4.69) is 17.2 Å². The van der Waals surface area contributed by atoms with Crippen LogP contribution in [0.1, 0.15) is 45.6 Å². The number of fused-ring (bicyclic) bond motifs is 1. The molecule has 5 rings (SSSR count). The van der Waals surface area contributed by atoms with Gasteiger partial charge in [0.05, 0.1) is 16.9 Å². The Morgan fingerprint density at radius 2 is 1.74 bits per heavy atom. The standard InChI is InChI=1S/C32H28F3N5O3/c1-4-25(41)36-23-14-10-11-20(18-23)27-26-19(3)38-40(24-15-7-6-8-16-24)30(26)39(5-2)31(43)28(27)37-29(42)21-12-9-13-22(17-21)32(33,34)35/h4,6-18,27-28H,1,5H2,2-3H3,(H,36,41)(H,37,42)/t27-,28+/m0/s1. The van der Waals surface area contributed by atoms with Gasteiger partial charge in [-0.1, -0.05) is 43.0 Å². The zero-order valence-corrected chi connectivity index (χ0v) is 23.4. The van der Waals surface area contributed by atoms with E-state index in [1.165, 1.54) is 11.0 Å². The van der Waals surface area contributed by atoms with Gasteiger partial charge in [0.25, 0.3) is 11.8 Å². The summed E-state index contributed by atoms with van der Waals surface area (Å²) in [4.78, 5) is 41.2. The lowest BCUT2D eigenvalue weighted by Crippen LogP contribution is -2.55. The second kappa shape index (κ2) is 11.6. The summed E-state index contributed by atoms with van der Waals surface area (Å²) >= 11 is 0. The fourth-order valence-electron chi connectivity index (χ4n) is 5.36. The van der Waals surface area contributed by atoms with E-state index in [1.54, 1.807) is 42.8 Å². The van der Waals surface area contributed by atoms with Crippen molar-refractivity contribution in [3.63, 3.8) is 0 Å². The zero-order valence-electron chi connectivity index (χ0n) is 23.4. The highest BCUT2D eigenvalue weighted by Gasteiger charge is 2.45. The number of carbonyl (C=O) groups is 3. The Morgan fingerprint density at radius 1 is 1.02 bits per heavy atom. The molecule has 3 aromatic carbocycles. The van der Waals surface area contributed by atoms with Gasteiger partial charge in [-0.05, 0) is 68.0 Å². The van der Waals surface area contributed by atoms with Crippen molar-refractivity contribution < 1.29 is 27.6 Å². The summed E-state index contributed by atoms with van der Waals surface area (Å²) in [6.07, 6.45) is -3.52. The fraction of sp³-hybridized carbons (Fsp3) is 0.188. The van der Waals surface area contributed by atoms with Crippen LogP contribution in [0, 0.1) is 6.92 Å². The smallest absolute Gasteiger partial charge is 0.339 e. The molecule has 11 heteroatoms. The molecule has 2 heterocycles. The maximum Gasteiger partial charge on any atom is 0.416 e. The quantitative estimate of drug-likeness (QED) is 0.275. The van der Waals surface area contributed by atoms with Gasteiger partial charge in [-0.2, -0.15) is 18.3 Å². The summed E-state index contributed by atoms with van der Waals surface area (Å²) in [5.41, 5.74) is 1.77. The first-order valence-corrected chi connectivity index (χ1v) is 13.5. The Kier molecular flexibility index (Phi) is 7.90. The Labute approximate surface area is 245 Å². The van der Waals surface area contributed by atoms with E-state index >= 15 is 0 Å². The van der Waals surface area contributed by atoms with E-state index < -0.39 is 41.4 Å². The SMILES string of the molecule is C=CC(=O)Nc1cccc([C@H]2c3c(C)nn(-c4ccccc4)c3N(CC)C(=O)[C@@H]2NC(=O)c2cccc(C(F)(F)F)c2)c1. The third kappa shape index (κ3) is 5.66. The van der Waals surface area contributed by atoms with Crippen molar-refractivity contribution in [3.05, 3.63) is 119 Å². The van der Waals surface area contributed by atoms with Crippen LogP contribution in [0.5, 0.6) is 0 Å². The Hall–Kier alpha value is -5.19. The fourth-order valence-corrected chi connectivity index (χ4v) is 5.36. The molecule has 1 aliphatic rings. The van der Waals surface area contributed by atoms with Crippen molar-refractivity contribution >= 4 is 29.2 Å². The second-order valence-corrected chi connectivity index (χ2v) is 9.98. The molecule has 220 valence electrons. The number of hydrogen-bond donors (Lipinski definition) is 2. The molecule has 0 bridgehead atoms. The normalized spacial score (nSPS) is 16.4. The van der Waals surface area contributed by atoms with Crippen molar-refractivity contribution in [1.29, 1.82) is 0 Å². The molecule has 3 amide bonds. The van der Waals surface area contributed by atoms with Gasteiger partial charge >= 0.3 is 6.18 Å². The summed E-state index contributed by atoms with van der Waals surface area (Å²) in [5, 5.41) is 10.2. The Morgan fingerprint density at radius 3 is 2.42 bits per heavy atom. The molecule has 43 heavy (non-hydrogen) atoms. The summed E-state index contributed by atoms with van der Waals surface area (Å²) in [6.45, 7) is 7.30. The van der Waals surface area contributed by atoms with Crippen LogP contribution in [0.25, 0.3) is 5.69 Å². The highest BCUT2D eigenvalue weighted by Crippen LogP contribution is 2.44. The van der Waals surface area contributed by atoms with Crippen molar-refractivity contribution in [2.24, 2.45) is 0 Å². The van der Waals surface area contributed by atoms with Gasteiger partial charge in [-0.15, -0.1) is 0 Å². The van der Waals surface area contributed by atoms with Crippen LogP contribution in [-0.2, 0) is 15.8 Å². The minimum Gasteiger partial charge on any atom is -0.339 e. The number of halogens is 3. The van der Waals surface area contributed by atoms with Gasteiger partial charge in [0.15, 0.2) is 0 Å². The van der Waals surface area contributed by atoms with Crippen LogP contribution in [0.4, 0.5) is 24.7 Å². The predicted molar refractivity (Wildman–Crippen MR) is 156 cm³/mol. The molecule has 0 saturated carbocycles. The third-order valence-corrected chi connectivity index (χ3v) is 7.27. The number of benzene rings is 3. The number of rotatable bonds is 7. The molecule has 2 atom stereocenters. The molecule has 2 N–H and O–H groups in total. The van der Waals surface area contributed by atoms with Crippen LogP contribution in [-0.4, -0.2) is 40.1 Å². The number of para-hydroxylation sites is 1. The molecular weight excluding hydrogens is 559 g/mol. The first-order valence-electron chi connectivity index (χ1n) is 13.5. The number of anilines is 2. The number of hydrogen-bond acceptors (Lipinski definition) is 4. The maximum absolute atomic E-state index is 14.2. The highest BCUT2D eigenvalue weighted by atomic mass is 19.4. The van der Waals surface area contributed by atoms with Crippen LogP contribution >= 0.6 is 0 Å². The first-order chi connectivity index (χ1) is 20.5. The van der Waals surface area contributed by atoms with Gasteiger partial charge in [0.1, 0.15) is 11.9 Å². The zero-order chi connectivity index (χ0) is 30.9. The molecule has 0 fully saturated rings. The number of nitrogens with zero attached hydrogens (tertiary/aromatic N) is 3. The molecule has 0 radical (unpaired) electrons. The summed E-state index contributed by atoms with van der Waals surface area (Å²) < 4.78 is 41.9. The van der Waals surface area contributed by atoms with Gasteiger partial charge < -0.3 is 10.6 Å². The number of aromatic nitrogens is 2. The Balaban J connectivity index is 1.67. The maximum atomic E-state index is 14.2. The summed E-state index contributed by atoms with van der Waals surface area (Å²) in [6, 6.07) is 18.9. The lowest BCUT2D eigenvalue weighted by Gasteiger charge is -2.38. The molecule has 1 aromatic heterocycles. The number of likely N-dealkylation sites (N-methyl/N-ethyl adjacent to an activating group) is 1. The molecule has 0 saturated heterocycles. The van der Waals surface area contributed by atoms with E-state index in [1.807, 2.05) is 30.3 Å². The summed E-state index contributed by atoms with van der Waals surface area (Å²) in [7, 11) is 0. The van der Waals surface area contributed by atoms with Gasteiger partial charge in [-0.3, -0.25) is 19.3 Å². The average Bonchev–Trinajstić information content (AvgIpc) is 3.34. The predicted octanol–water partition coefficient (Wildman–Crippen LogP) is 5.62. The van der Waals surface area contributed by atoms with Crippen LogP contribution in [0.3, 0.4) is 0 Å². The third-order valence-electron chi connectivity index (χ3n) is 7.27. The second-order valence-electron chi connectivity index (χ2n) is 9.98. The molecular formula is C32H28F3N5O3. The van der Waals surface area contributed by atoms with Gasteiger partial charge in [0, 0.05) is 29.3 Å². The van der Waals surface area contributed by atoms with E-state index in [9.17, 15) is 27.6 Å². The van der Waals surface area contributed by atoms with E-state index in [-0.39, 0.29) is 12.1 Å². The first kappa shape index (κ1) is 29.3. The molecule has 4 aromatic rings. The van der Waals surface area contributed by atoms with Crippen molar-refractivity contribution in [3.8, 4) is 5.69 Å². The number of alkyl halides is 3. The number of aryl methyl sites for hydroxylation is 1. The van der Waals surface area contributed by atoms with E-state index in [0.29, 0.717) is 28.3 Å². The largest absolute Gasteiger partial charge is 0.416 e. The minimum absolute atomic E-state index is 0.237. The molecule has 0 aliphatic carbocycles. The van der Waals surface area contributed by atoms with E-state index in [4.69, 9.17) is 5.10 Å². The number of carbonyl (C=O) groups excluding carboxylic acids is 3. The molecule has 1 aliphatic heterocycles. The van der Waals surface area contributed by atoms with Crippen molar-refractivity contribution in [2.75, 3.05) is 16.8 Å². The average molecular weight is 588 g/mol. The summed E-state index contributed by atoms with van der Waals surface area (Å²) in [5.74, 6) is -2.00. The van der Waals surface area contributed by atoms with Gasteiger partial charge in [0.2, 0.25) is 5.91 Å². The molecule has 0 unspecified atom stereocenters. The highest BCUT2D eigenvalue weighted by molar-refractivity contribution is 6.05. The Bertz CT molecular complexity index is 1710. The molecule has 8 nitrogen and oxygen atoms in total. The molecule has 0 spiro atoms. The minimum atomic E-state index is -4.65.